The van der Waals surface area contributed by atoms with E-state index in [1.54, 1.807) is 30.3 Å². The van der Waals surface area contributed by atoms with Gasteiger partial charge < -0.3 is 18.9 Å². The zero-order chi connectivity index (χ0) is 20.5. The summed E-state index contributed by atoms with van der Waals surface area (Å²) in [4.78, 5) is 24.7. The van der Waals surface area contributed by atoms with Crippen LogP contribution in [-0.4, -0.2) is 39.2 Å². The number of hydrazine groups is 1. The lowest BCUT2D eigenvalue weighted by Crippen LogP contribution is -2.41. The molecule has 0 aromatic heterocycles. The van der Waals surface area contributed by atoms with Gasteiger partial charge in [0.25, 0.3) is 11.8 Å². The van der Waals surface area contributed by atoms with Gasteiger partial charge in [-0.1, -0.05) is 0 Å². The van der Waals surface area contributed by atoms with Gasteiger partial charge in [-0.15, -0.1) is 0 Å². The monoisotopic (exact) mass is 388 g/mol. The van der Waals surface area contributed by atoms with Gasteiger partial charge >= 0.3 is 0 Å². The number of hydrogen-bond acceptors (Lipinski definition) is 6. The first-order valence-corrected chi connectivity index (χ1v) is 8.76. The molecule has 2 aromatic carbocycles. The highest BCUT2D eigenvalue weighted by atomic mass is 16.5. The van der Waals surface area contributed by atoms with Crippen molar-refractivity contribution in [2.45, 2.75) is 13.8 Å². The molecule has 0 aliphatic rings. The molecule has 0 radical (unpaired) electrons. The van der Waals surface area contributed by atoms with Gasteiger partial charge in [-0.25, -0.2) is 0 Å². The van der Waals surface area contributed by atoms with Crippen LogP contribution in [0, 0.1) is 0 Å². The maximum absolute atomic E-state index is 12.3. The number of ether oxygens (including phenoxy) is 4. The van der Waals surface area contributed by atoms with E-state index in [1.165, 1.54) is 20.3 Å². The summed E-state index contributed by atoms with van der Waals surface area (Å²) in [5, 5.41) is 0. The molecule has 0 bridgehead atoms. The maximum atomic E-state index is 12.3. The molecule has 0 spiro atoms. The van der Waals surface area contributed by atoms with Crippen LogP contribution in [0.3, 0.4) is 0 Å². The van der Waals surface area contributed by atoms with Crippen molar-refractivity contribution in [2.75, 3.05) is 27.4 Å². The van der Waals surface area contributed by atoms with Crippen molar-refractivity contribution in [1.82, 2.24) is 10.9 Å². The van der Waals surface area contributed by atoms with Gasteiger partial charge in [-0.2, -0.15) is 0 Å². The highest BCUT2D eigenvalue weighted by Crippen LogP contribution is 2.29. The van der Waals surface area contributed by atoms with Crippen molar-refractivity contribution in [1.29, 1.82) is 0 Å². The van der Waals surface area contributed by atoms with Gasteiger partial charge in [0.05, 0.1) is 27.4 Å². The van der Waals surface area contributed by atoms with Gasteiger partial charge in [0.1, 0.15) is 0 Å². The Hall–Kier alpha value is -3.42. The summed E-state index contributed by atoms with van der Waals surface area (Å²) in [5.74, 6) is 0.942. The molecule has 0 aliphatic carbocycles. The molecule has 0 aliphatic heterocycles. The number of hydrogen-bond donors (Lipinski definition) is 2. The van der Waals surface area contributed by atoms with Crippen LogP contribution >= 0.6 is 0 Å². The van der Waals surface area contributed by atoms with E-state index < -0.39 is 11.8 Å². The first-order chi connectivity index (χ1) is 13.5. The van der Waals surface area contributed by atoms with Crippen LogP contribution in [-0.2, 0) is 0 Å². The van der Waals surface area contributed by atoms with Crippen molar-refractivity contribution in [2.24, 2.45) is 0 Å². The molecule has 28 heavy (non-hydrogen) atoms. The molecule has 0 saturated heterocycles. The molecular formula is C20H24N2O6. The van der Waals surface area contributed by atoms with E-state index in [4.69, 9.17) is 18.9 Å². The molecule has 2 N–H and O–H groups in total. The van der Waals surface area contributed by atoms with Gasteiger partial charge in [0.15, 0.2) is 23.0 Å². The van der Waals surface area contributed by atoms with Crippen LogP contribution in [0.4, 0.5) is 0 Å². The fourth-order valence-electron chi connectivity index (χ4n) is 2.43. The van der Waals surface area contributed by atoms with E-state index in [-0.39, 0.29) is 0 Å². The van der Waals surface area contributed by atoms with E-state index in [1.807, 2.05) is 13.8 Å². The highest BCUT2D eigenvalue weighted by molar-refractivity contribution is 5.99. The van der Waals surface area contributed by atoms with Crippen LogP contribution in [0.5, 0.6) is 23.0 Å². The van der Waals surface area contributed by atoms with Gasteiger partial charge in [0, 0.05) is 11.1 Å². The third-order valence-corrected chi connectivity index (χ3v) is 3.74. The molecule has 0 atom stereocenters. The average Bonchev–Trinajstić information content (AvgIpc) is 2.72. The number of carbonyl (C=O) groups is 2. The van der Waals surface area contributed by atoms with E-state index in [9.17, 15) is 9.59 Å². The Bertz CT molecular complexity index is 837. The predicted octanol–water partition coefficient (Wildman–Crippen LogP) is 2.58. The van der Waals surface area contributed by atoms with Gasteiger partial charge in [-0.3, -0.25) is 20.4 Å². The highest BCUT2D eigenvalue weighted by Gasteiger charge is 2.14. The number of carbonyl (C=O) groups excluding carboxylic acids is 2. The Morgan fingerprint density at radius 2 is 1.18 bits per heavy atom. The lowest BCUT2D eigenvalue weighted by Gasteiger charge is -2.13. The molecule has 150 valence electrons. The predicted molar refractivity (Wildman–Crippen MR) is 103 cm³/mol. The first kappa shape index (κ1) is 20.9. The van der Waals surface area contributed by atoms with Crippen molar-refractivity contribution >= 4 is 11.8 Å². The smallest absolute Gasteiger partial charge is 0.269 e. The Kier molecular flexibility index (Phi) is 7.50. The largest absolute Gasteiger partial charge is 0.493 e. The quantitative estimate of drug-likeness (QED) is 0.675. The van der Waals surface area contributed by atoms with E-state index in [0.29, 0.717) is 47.3 Å². The Morgan fingerprint density at radius 3 is 1.68 bits per heavy atom. The normalized spacial score (nSPS) is 10.0. The number of methoxy groups -OCH3 is 2. The number of rotatable bonds is 8. The van der Waals surface area contributed by atoms with Crippen molar-refractivity contribution in [3.8, 4) is 23.0 Å². The number of amides is 2. The average molecular weight is 388 g/mol. The maximum Gasteiger partial charge on any atom is 0.269 e. The topological polar surface area (TPSA) is 95.1 Å². The SMILES string of the molecule is CCOc1ccc(C(=O)NNC(=O)c2ccc(OC)c(OCC)c2)cc1OC. The minimum absolute atomic E-state index is 0.310. The van der Waals surface area contributed by atoms with E-state index in [0.717, 1.165) is 0 Å². The summed E-state index contributed by atoms with van der Waals surface area (Å²) in [5.41, 5.74) is 5.37. The number of nitrogens with one attached hydrogen (secondary N) is 2. The molecule has 0 fully saturated rings. The lowest BCUT2D eigenvalue weighted by molar-refractivity contribution is 0.0846. The fraction of sp³-hybridized carbons (Fsp3) is 0.300. The first-order valence-electron chi connectivity index (χ1n) is 8.76. The second kappa shape index (κ2) is 10.1. The van der Waals surface area contributed by atoms with Crippen LogP contribution < -0.4 is 29.8 Å². The van der Waals surface area contributed by atoms with Crippen molar-refractivity contribution in [3.05, 3.63) is 47.5 Å². The van der Waals surface area contributed by atoms with Gasteiger partial charge in [0.2, 0.25) is 0 Å². The second-order valence-electron chi connectivity index (χ2n) is 5.51. The van der Waals surface area contributed by atoms with Crippen LogP contribution in [0.1, 0.15) is 34.6 Å². The van der Waals surface area contributed by atoms with E-state index >= 15 is 0 Å². The van der Waals surface area contributed by atoms with Gasteiger partial charge in [-0.05, 0) is 50.2 Å². The van der Waals surface area contributed by atoms with Crippen LogP contribution in [0.2, 0.25) is 0 Å². The van der Waals surface area contributed by atoms with Crippen LogP contribution in [0.15, 0.2) is 36.4 Å². The fourth-order valence-corrected chi connectivity index (χ4v) is 2.43. The summed E-state index contributed by atoms with van der Waals surface area (Å²) in [7, 11) is 3.00. The third-order valence-electron chi connectivity index (χ3n) is 3.74. The summed E-state index contributed by atoms with van der Waals surface area (Å²) >= 11 is 0. The zero-order valence-electron chi connectivity index (χ0n) is 16.3. The summed E-state index contributed by atoms with van der Waals surface area (Å²) in [6, 6.07) is 9.49. The molecule has 0 saturated carbocycles. The summed E-state index contributed by atoms with van der Waals surface area (Å²) in [6.07, 6.45) is 0. The molecule has 2 amide bonds. The molecule has 0 unspecified atom stereocenters. The summed E-state index contributed by atoms with van der Waals surface area (Å²) < 4.78 is 21.3. The van der Waals surface area contributed by atoms with Crippen molar-refractivity contribution in [3.63, 3.8) is 0 Å². The second-order valence-corrected chi connectivity index (χ2v) is 5.51. The molecule has 8 nitrogen and oxygen atoms in total. The molecular weight excluding hydrogens is 364 g/mol. The Balaban J connectivity index is 2.06. The molecule has 8 heteroatoms. The molecule has 0 heterocycles. The minimum atomic E-state index is -0.492. The van der Waals surface area contributed by atoms with Crippen molar-refractivity contribution < 1.29 is 28.5 Å². The number of benzene rings is 2. The van der Waals surface area contributed by atoms with E-state index in [2.05, 4.69) is 10.9 Å². The lowest BCUT2D eigenvalue weighted by atomic mass is 10.2. The molecule has 2 aromatic rings. The standard InChI is InChI=1S/C20H24N2O6/c1-5-27-16-10-8-13(11-17(16)26-4)19(23)21-22-20(24)14-7-9-15(25-3)18(12-14)28-6-2/h7-12H,5-6H2,1-4H3,(H,21,23)(H,22,24). The summed E-state index contributed by atoms with van der Waals surface area (Å²) in [6.45, 7) is 4.59. The van der Waals surface area contributed by atoms with Crippen LogP contribution in [0.25, 0.3) is 0 Å². The molecule has 2 rings (SSSR count). The third kappa shape index (κ3) is 5.06. The zero-order valence-corrected chi connectivity index (χ0v) is 16.3. The Morgan fingerprint density at radius 1 is 0.714 bits per heavy atom. The Labute approximate surface area is 163 Å². The minimum Gasteiger partial charge on any atom is -0.493 e.